The molecule has 4 nitrogen and oxygen atoms in total. The molecule has 0 bridgehead atoms. The monoisotopic (exact) mass is 283 g/mol. The molecule has 5 heteroatoms. The second kappa shape index (κ2) is 5.79. The van der Waals surface area contributed by atoms with Gasteiger partial charge < -0.3 is 5.32 Å². The molecule has 1 aromatic heterocycles. The maximum absolute atomic E-state index is 11.9. The lowest BCUT2D eigenvalue weighted by Crippen LogP contribution is -2.12. The van der Waals surface area contributed by atoms with Crippen LogP contribution in [0.25, 0.3) is 11.0 Å². The Hall–Kier alpha value is -2.27. The summed E-state index contributed by atoms with van der Waals surface area (Å²) < 4.78 is 8.29. The number of rotatable bonds is 4. The van der Waals surface area contributed by atoms with Crippen LogP contribution in [0.15, 0.2) is 48.5 Å². The highest BCUT2D eigenvalue weighted by molar-refractivity contribution is 7.00. The molecule has 1 heterocycles. The Labute approximate surface area is 120 Å². The largest absolute Gasteiger partial charge is 0.326 e. The number of anilines is 1. The summed E-state index contributed by atoms with van der Waals surface area (Å²) in [7, 11) is 0. The van der Waals surface area contributed by atoms with Gasteiger partial charge in [0.15, 0.2) is 0 Å². The quantitative estimate of drug-likeness (QED) is 0.799. The normalized spacial score (nSPS) is 10.6. The van der Waals surface area contributed by atoms with Crippen molar-refractivity contribution in [3.05, 3.63) is 54.1 Å². The van der Waals surface area contributed by atoms with Gasteiger partial charge in [-0.15, -0.1) is 0 Å². The van der Waals surface area contributed by atoms with E-state index in [0.29, 0.717) is 6.42 Å². The molecule has 0 saturated heterocycles. The first kappa shape index (κ1) is 12.7. The summed E-state index contributed by atoms with van der Waals surface area (Å²) in [6.07, 6.45) is 1.21. The number of fused-ring (bicyclic) bond motifs is 1. The molecule has 0 radical (unpaired) electrons. The number of aromatic nitrogens is 2. The first-order chi connectivity index (χ1) is 9.81. The summed E-state index contributed by atoms with van der Waals surface area (Å²) >= 11 is 1.18. The van der Waals surface area contributed by atoms with Gasteiger partial charge in [0, 0.05) is 12.1 Å². The van der Waals surface area contributed by atoms with Crippen molar-refractivity contribution in [2.45, 2.75) is 12.8 Å². The molecule has 0 fully saturated rings. The van der Waals surface area contributed by atoms with Crippen molar-refractivity contribution < 1.29 is 4.79 Å². The molecule has 20 heavy (non-hydrogen) atoms. The first-order valence-electron chi connectivity index (χ1n) is 6.37. The van der Waals surface area contributed by atoms with Gasteiger partial charge >= 0.3 is 0 Å². The number of aryl methyl sites for hydroxylation is 1. The van der Waals surface area contributed by atoms with Crippen molar-refractivity contribution in [1.29, 1.82) is 0 Å². The van der Waals surface area contributed by atoms with Crippen molar-refractivity contribution in [3.8, 4) is 0 Å². The number of benzene rings is 2. The summed E-state index contributed by atoms with van der Waals surface area (Å²) in [6, 6.07) is 15.6. The molecule has 100 valence electrons. The van der Waals surface area contributed by atoms with Crippen LogP contribution in [0.1, 0.15) is 12.0 Å². The number of amides is 1. The number of nitrogens with one attached hydrogen (secondary N) is 1. The second-order valence-corrected chi connectivity index (χ2v) is 5.03. The van der Waals surface area contributed by atoms with E-state index in [0.717, 1.165) is 23.1 Å². The maximum Gasteiger partial charge on any atom is 0.224 e. The van der Waals surface area contributed by atoms with Crippen molar-refractivity contribution in [1.82, 2.24) is 8.75 Å². The number of nitrogens with zero attached hydrogens (tertiary/aromatic N) is 2. The Balaban J connectivity index is 1.61. The molecule has 0 unspecified atom stereocenters. The fourth-order valence-electron chi connectivity index (χ4n) is 1.99. The third-order valence-electron chi connectivity index (χ3n) is 3.02. The van der Waals surface area contributed by atoms with Gasteiger partial charge in [-0.05, 0) is 30.2 Å². The lowest BCUT2D eigenvalue weighted by Gasteiger charge is -2.05. The summed E-state index contributed by atoms with van der Waals surface area (Å²) in [4.78, 5) is 11.9. The Kier molecular flexibility index (Phi) is 3.69. The molecule has 0 aliphatic heterocycles. The minimum atomic E-state index is 0.0105. The van der Waals surface area contributed by atoms with E-state index >= 15 is 0 Å². The van der Waals surface area contributed by atoms with E-state index in [-0.39, 0.29) is 5.91 Å². The van der Waals surface area contributed by atoms with E-state index in [2.05, 4.69) is 14.1 Å². The molecule has 2 aromatic carbocycles. The topological polar surface area (TPSA) is 54.9 Å². The van der Waals surface area contributed by atoms with Crippen LogP contribution < -0.4 is 5.32 Å². The molecule has 3 rings (SSSR count). The predicted molar refractivity (Wildman–Crippen MR) is 80.8 cm³/mol. The predicted octanol–water partition coefficient (Wildman–Crippen LogP) is 3.26. The van der Waals surface area contributed by atoms with Crippen LogP contribution in [-0.4, -0.2) is 14.7 Å². The van der Waals surface area contributed by atoms with E-state index in [4.69, 9.17) is 0 Å². The smallest absolute Gasteiger partial charge is 0.224 e. The molecule has 0 aliphatic carbocycles. The minimum absolute atomic E-state index is 0.0105. The lowest BCUT2D eigenvalue weighted by atomic mass is 10.1. The number of carbonyl (C=O) groups excluding carboxylic acids is 1. The van der Waals surface area contributed by atoms with Crippen LogP contribution in [0.4, 0.5) is 5.69 Å². The number of carbonyl (C=O) groups is 1. The van der Waals surface area contributed by atoms with Crippen LogP contribution in [0, 0.1) is 0 Å². The molecule has 1 amide bonds. The molecule has 0 atom stereocenters. The van der Waals surface area contributed by atoms with Gasteiger partial charge in [0.25, 0.3) is 0 Å². The Morgan fingerprint density at radius 3 is 2.70 bits per heavy atom. The first-order valence-corrected chi connectivity index (χ1v) is 7.10. The van der Waals surface area contributed by atoms with E-state index in [1.807, 2.05) is 48.5 Å². The van der Waals surface area contributed by atoms with E-state index in [1.165, 1.54) is 17.3 Å². The second-order valence-electron chi connectivity index (χ2n) is 4.50. The van der Waals surface area contributed by atoms with Gasteiger partial charge in [-0.25, -0.2) is 0 Å². The number of hydrogen-bond donors (Lipinski definition) is 1. The highest BCUT2D eigenvalue weighted by Gasteiger charge is 2.05. The molecule has 3 aromatic rings. The van der Waals surface area contributed by atoms with Crippen LogP contribution in [-0.2, 0) is 11.2 Å². The molecular formula is C15H13N3OS. The van der Waals surface area contributed by atoms with Crippen molar-refractivity contribution in [2.24, 2.45) is 0 Å². The average molecular weight is 283 g/mol. The van der Waals surface area contributed by atoms with E-state index in [1.54, 1.807) is 0 Å². The van der Waals surface area contributed by atoms with Crippen molar-refractivity contribution in [3.63, 3.8) is 0 Å². The Morgan fingerprint density at radius 2 is 1.85 bits per heavy atom. The van der Waals surface area contributed by atoms with Gasteiger partial charge in [0.05, 0.1) is 11.7 Å². The SMILES string of the molecule is O=C(CCc1ccccc1)Nc1ccc2nsnc2c1. The lowest BCUT2D eigenvalue weighted by molar-refractivity contribution is -0.116. The standard InChI is InChI=1S/C15H13N3OS/c19-15(9-6-11-4-2-1-3-5-11)16-12-7-8-13-14(10-12)18-20-17-13/h1-5,7-8,10H,6,9H2,(H,16,19). The molecule has 1 N–H and O–H groups in total. The van der Waals surface area contributed by atoms with Gasteiger partial charge in [0.2, 0.25) is 5.91 Å². The fourth-order valence-corrected chi connectivity index (χ4v) is 2.50. The van der Waals surface area contributed by atoms with Crippen LogP contribution >= 0.6 is 11.7 Å². The Bertz CT molecular complexity index is 724. The zero-order valence-electron chi connectivity index (χ0n) is 10.7. The summed E-state index contributed by atoms with van der Waals surface area (Å²) in [5, 5.41) is 2.89. The van der Waals surface area contributed by atoms with Gasteiger partial charge in [0.1, 0.15) is 11.0 Å². The van der Waals surface area contributed by atoms with Gasteiger partial charge in [-0.3, -0.25) is 4.79 Å². The minimum Gasteiger partial charge on any atom is -0.326 e. The summed E-state index contributed by atoms with van der Waals surface area (Å²) in [6.45, 7) is 0. The third-order valence-corrected chi connectivity index (χ3v) is 3.58. The van der Waals surface area contributed by atoms with Crippen molar-refractivity contribution in [2.75, 3.05) is 5.32 Å². The fraction of sp³-hybridized carbons (Fsp3) is 0.133. The van der Waals surface area contributed by atoms with E-state index < -0.39 is 0 Å². The summed E-state index contributed by atoms with van der Waals surface area (Å²) in [5.41, 5.74) is 3.61. The van der Waals surface area contributed by atoms with Gasteiger partial charge in [-0.1, -0.05) is 30.3 Å². The molecular weight excluding hydrogens is 270 g/mol. The molecule has 0 saturated carbocycles. The number of hydrogen-bond acceptors (Lipinski definition) is 4. The zero-order chi connectivity index (χ0) is 13.8. The molecule has 0 aliphatic rings. The zero-order valence-corrected chi connectivity index (χ0v) is 11.6. The highest BCUT2D eigenvalue weighted by atomic mass is 32.1. The maximum atomic E-state index is 11.9. The summed E-state index contributed by atoms with van der Waals surface area (Å²) in [5.74, 6) is 0.0105. The van der Waals surface area contributed by atoms with Gasteiger partial charge in [-0.2, -0.15) is 8.75 Å². The Morgan fingerprint density at radius 1 is 1.05 bits per heavy atom. The third kappa shape index (κ3) is 3.00. The van der Waals surface area contributed by atoms with Crippen molar-refractivity contribution >= 4 is 34.4 Å². The van der Waals surface area contributed by atoms with Crippen LogP contribution in [0.3, 0.4) is 0 Å². The van der Waals surface area contributed by atoms with Crippen LogP contribution in [0.5, 0.6) is 0 Å². The average Bonchev–Trinajstić information content (AvgIpc) is 2.94. The van der Waals surface area contributed by atoms with Crippen LogP contribution in [0.2, 0.25) is 0 Å². The van der Waals surface area contributed by atoms with E-state index in [9.17, 15) is 4.79 Å². The highest BCUT2D eigenvalue weighted by Crippen LogP contribution is 2.17. The molecule has 0 spiro atoms.